The number of ether oxygens (including phenoxy) is 1. The van der Waals surface area contributed by atoms with E-state index in [0.29, 0.717) is 19.6 Å². The zero-order valence-corrected chi connectivity index (χ0v) is 10.4. The van der Waals surface area contributed by atoms with Crippen molar-refractivity contribution < 1.29 is 17.9 Å². The van der Waals surface area contributed by atoms with Crippen LogP contribution in [0.4, 0.5) is 0 Å². The molecule has 3 N–H and O–H groups in total. The number of hydrogen-bond donors (Lipinski definition) is 2. The fraction of sp³-hybridized carbons (Fsp3) is 0.875. The zero-order chi connectivity index (χ0) is 12.6. The molecule has 0 aromatic carbocycles. The van der Waals surface area contributed by atoms with Gasteiger partial charge in [-0.15, -0.1) is 0 Å². The van der Waals surface area contributed by atoms with E-state index in [2.05, 4.69) is 5.32 Å². The normalized spacial score (nSPS) is 11.8. The van der Waals surface area contributed by atoms with Gasteiger partial charge in [0.1, 0.15) is 0 Å². The van der Waals surface area contributed by atoms with E-state index in [1.165, 1.54) is 7.05 Å². The number of hydrogen-bond acceptors (Lipinski definition) is 4. The summed E-state index contributed by atoms with van der Waals surface area (Å²) in [7, 11) is -2.26. The second kappa shape index (κ2) is 7.55. The smallest absolute Gasteiger partial charge is 0.276 e. The van der Waals surface area contributed by atoms with E-state index in [-0.39, 0.29) is 19.1 Å². The number of nitrogens with one attached hydrogen (secondary N) is 1. The Morgan fingerprint density at radius 3 is 2.56 bits per heavy atom. The second-order valence-electron chi connectivity index (χ2n) is 3.18. The van der Waals surface area contributed by atoms with Crippen LogP contribution in [0, 0.1) is 0 Å². The minimum Gasteiger partial charge on any atom is -0.378 e. The van der Waals surface area contributed by atoms with Crippen LogP contribution in [-0.4, -0.2) is 52.0 Å². The molecule has 1 amide bonds. The van der Waals surface area contributed by atoms with Crippen LogP contribution in [0.25, 0.3) is 0 Å². The Morgan fingerprint density at radius 1 is 1.44 bits per heavy atom. The van der Waals surface area contributed by atoms with Gasteiger partial charge in [0, 0.05) is 26.6 Å². The zero-order valence-electron chi connectivity index (χ0n) is 9.60. The maximum absolute atomic E-state index is 10.8. The summed E-state index contributed by atoms with van der Waals surface area (Å²) in [5.74, 6) is -0.0368. The maximum atomic E-state index is 10.8. The standard InChI is InChI=1S/C8H19N3O4S/c1-3-8(12)10-4-6-15-7-5-11(2)16(9,13)14/h3-7H2,1-2H3,(H,10,12)(H2,9,13,14). The van der Waals surface area contributed by atoms with Crippen LogP contribution in [0.15, 0.2) is 0 Å². The predicted molar refractivity (Wildman–Crippen MR) is 59.9 cm³/mol. The van der Waals surface area contributed by atoms with Crippen LogP contribution >= 0.6 is 0 Å². The summed E-state index contributed by atoms with van der Waals surface area (Å²) in [4.78, 5) is 10.8. The van der Waals surface area contributed by atoms with Crippen molar-refractivity contribution in [1.82, 2.24) is 9.62 Å². The Balaban J connectivity index is 3.45. The Bertz CT molecular complexity index is 304. The number of likely N-dealkylation sites (N-methyl/N-ethyl adjacent to an activating group) is 1. The van der Waals surface area contributed by atoms with Gasteiger partial charge in [0.05, 0.1) is 13.2 Å². The molecule has 0 aliphatic carbocycles. The van der Waals surface area contributed by atoms with E-state index in [1.54, 1.807) is 6.92 Å². The van der Waals surface area contributed by atoms with E-state index in [1.807, 2.05) is 0 Å². The fourth-order valence-electron chi connectivity index (χ4n) is 0.810. The summed E-state index contributed by atoms with van der Waals surface area (Å²) in [6.45, 7) is 2.97. The SMILES string of the molecule is CCC(=O)NCCOCCN(C)S(N)(=O)=O. The van der Waals surface area contributed by atoms with Gasteiger partial charge in [-0.1, -0.05) is 6.92 Å². The quantitative estimate of drug-likeness (QED) is 0.523. The van der Waals surface area contributed by atoms with Crippen LogP contribution in [0.1, 0.15) is 13.3 Å². The molecule has 0 spiro atoms. The van der Waals surface area contributed by atoms with Gasteiger partial charge in [-0.05, 0) is 0 Å². The summed E-state index contributed by atoms with van der Waals surface area (Å²) in [5, 5.41) is 7.49. The molecular weight excluding hydrogens is 234 g/mol. The first kappa shape index (κ1) is 15.3. The van der Waals surface area contributed by atoms with Crippen molar-refractivity contribution in [2.75, 3.05) is 33.4 Å². The van der Waals surface area contributed by atoms with Crippen molar-refractivity contribution >= 4 is 16.1 Å². The summed E-state index contributed by atoms with van der Waals surface area (Å²) in [5.41, 5.74) is 0. The average Bonchev–Trinajstić information content (AvgIpc) is 2.20. The third-order valence-corrected chi connectivity index (χ3v) is 2.93. The first-order valence-corrected chi connectivity index (χ1v) is 6.46. The molecule has 0 atom stereocenters. The first-order valence-electron chi connectivity index (χ1n) is 4.96. The maximum Gasteiger partial charge on any atom is 0.276 e. The topological polar surface area (TPSA) is 102 Å². The van der Waals surface area contributed by atoms with Gasteiger partial charge in [0.15, 0.2) is 0 Å². The van der Waals surface area contributed by atoms with Crippen LogP contribution in [0.3, 0.4) is 0 Å². The van der Waals surface area contributed by atoms with Crippen molar-refractivity contribution in [3.05, 3.63) is 0 Å². The second-order valence-corrected chi connectivity index (χ2v) is 4.84. The van der Waals surface area contributed by atoms with Crippen LogP contribution in [0.2, 0.25) is 0 Å². The molecule has 96 valence electrons. The van der Waals surface area contributed by atoms with Gasteiger partial charge in [0.2, 0.25) is 5.91 Å². The van der Waals surface area contributed by atoms with Gasteiger partial charge in [-0.3, -0.25) is 4.79 Å². The van der Waals surface area contributed by atoms with Crippen molar-refractivity contribution in [2.24, 2.45) is 5.14 Å². The molecule has 0 bridgehead atoms. The first-order chi connectivity index (χ1) is 7.38. The van der Waals surface area contributed by atoms with E-state index in [9.17, 15) is 13.2 Å². The molecule has 0 heterocycles. The minimum absolute atomic E-state index is 0.0368. The fourth-order valence-corrected chi connectivity index (χ4v) is 1.14. The van der Waals surface area contributed by atoms with Gasteiger partial charge < -0.3 is 10.1 Å². The molecule has 0 fully saturated rings. The van der Waals surface area contributed by atoms with Crippen molar-refractivity contribution in [3.8, 4) is 0 Å². The third kappa shape index (κ3) is 7.57. The third-order valence-electron chi connectivity index (χ3n) is 1.87. The Kier molecular flexibility index (Phi) is 7.22. The molecule has 0 radical (unpaired) electrons. The lowest BCUT2D eigenvalue weighted by molar-refractivity contribution is -0.121. The summed E-state index contributed by atoms with van der Waals surface area (Å²) < 4.78 is 27.7. The molecule has 0 saturated heterocycles. The highest BCUT2D eigenvalue weighted by molar-refractivity contribution is 7.86. The molecule has 0 unspecified atom stereocenters. The molecule has 0 aromatic rings. The lowest BCUT2D eigenvalue weighted by atomic mass is 10.4. The highest BCUT2D eigenvalue weighted by Crippen LogP contribution is 1.88. The van der Waals surface area contributed by atoms with Crippen molar-refractivity contribution in [1.29, 1.82) is 0 Å². The van der Waals surface area contributed by atoms with E-state index in [0.717, 1.165) is 4.31 Å². The van der Waals surface area contributed by atoms with Crippen molar-refractivity contribution in [2.45, 2.75) is 13.3 Å². The molecule has 0 saturated carbocycles. The van der Waals surface area contributed by atoms with E-state index < -0.39 is 10.2 Å². The molecule has 16 heavy (non-hydrogen) atoms. The van der Waals surface area contributed by atoms with Crippen LogP contribution in [-0.2, 0) is 19.7 Å². The number of nitrogens with two attached hydrogens (primary N) is 1. The average molecular weight is 253 g/mol. The Labute approximate surface area is 96.1 Å². The minimum atomic E-state index is -3.63. The number of carbonyl (C=O) groups is 1. The summed E-state index contributed by atoms with van der Waals surface area (Å²) in [6.07, 6.45) is 0.439. The van der Waals surface area contributed by atoms with Gasteiger partial charge in [0.25, 0.3) is 10.2 Å². The molecule has 0 rings (SSSR count). The van der Waals surface area contributed by atoms with E-state index in [4.69, 9.17) is 9.88 Å². The predicted octanol–water partition coefficient (Wildman–Crippen LogP) is -1.34. The van der Waals surface area contributed by atoms with Gasteiger partial charge >= 0.3 is 0 Å². The van der Waals surface area contributed by atoms with E-state index >= 15 is 0 Å². The van der Waals surface area contributed by atoms with Gasteiger partial charge in [-0.2, -0.15) is 12.7 Å². The Morgan fingerprint density at radius 2 is 2.06 bits per heavy atom. The molecule has 7 nitrogen and oxygen atoms in total. The molecule has 0 aliphatic rings. The molecule has 0 aliphatic heterocycles. The number of nitrogens with zero attached hydrogens (tertiary/aromatic N) is 1. The lowest BCUT2D eigenvalue weighted by Crippen LogP contribution is -2.36. The molecule has 8 heteroatoms. The highest BCUT2D eigenvalue weighted by Gasteiger charge is 2.10. The largest absolute Gasteiger partial charge is 0.378 e. The van der Waals surface area contributed by atoms with Crippen LogP contribution in [0.5, 0.6) is 0 Å². The summed E-state index contributed by atoms with van der Waals surface area (Å²) in [6, 6.07) is 0. The monoisotopic (exact) mass is 253 g/mol. The number of rotatable bonds is 8. The highest BCUT2D eigenvalue weighted by atomic mass is 32.2. The van der Waals surface area contributed by atoms with Gasteiger partial charge in [-0.25, -0.2) is 5.14 Å². The number of carbonyl (C=O) groups excluding carboxylic acids is 1. The van der Waals surface area contributed by atoms with Crippen molar-refractivity contribution in [3.63, 3.8) is 0 Å². The Hall–Kier alpha value is -0.700. The number of amides is 1. The summed E-state index contributed by atoms with van der Waals surface area (Å²) >= 11 is 0. The lowest BCUT2D eigenvalue weighted by Gasteiger charge is -2.13. The molecule has 0 aromatic heterocycles. The van der Waals surface area contributed by atoms with Crippen LogP contribution < -0.4 is 10.5 Å². The molecular formula is C8H19N3O4S.